The van der Waals surface area contributed by atoms with Gasteiger partial charge in [0.2, 0.25) is 5.13 Å². The zero-order valence-electron chi connectivity index (χ0n) is 11.9. The highest BCUT2D eigenvalue weighted by Crippen LogP contribution is 2.43. The number of aromatic nitrogens is 2. The van der Waals surface area contributed by atoms with E-state index >= 15 is 0 Å². The van der Waals surface area contributed by atoms with E-state index in [1.54, 1.807) is 11.5 Å². The number of hydrogen-bond acceptors (Lipinski definition) is 5. The summed E-state index contributed by atoms with van der Waals surface area (Å²) < 4.78 is 4.58. The molecule has 0 amide bonds. The van der Waals surface area contributed by atoms with Crippen molar-refractivity contribution in [3.05, 3.63) is 5.82 Å². The van der Waals surface area contributed by atoms with Gasteiger partial charge >= 0.3 is 0 Å². The van der Waals surface area contributed by atoms with Crippen LogP contribution in [0.3, 0.4) is 0 Å². The topological polar surface area (TPSA) is 32.3 Å². The Morgan fingerprint density at radius 1 is 1.05 bits per heavy atom. The molecule has 4 heterocycles. The summed E-state index contributed by atoms with van der Waals surface area (Å²) in [7, 11) is 0. The Bertz CT molecular complexity index is 512. The largest absolute Gasteiger partial charge is 0.346 e. The number of fused-ring (bicyclic) bond motifs is 3. The van der Waals surface area contributed by atoms with Crippen molar-refractivity contribution in [3.8, 4) is 0 Å². The number of nitrogens with zero attached hydrogens (tertiary/aromatic N) is 4. The quantitative estimate of drug-likeness (QED) is 0.837. The van der Waals surface area contributed by atoms with E-state index in [4.69, 9.17) is 4.98 Å². The molecule has 1 aromatic heterocycles. The second-order valence-electron chi connectivity index (χ2n) is 7.10. The van der Waals surface area contributed by atoms with Crippen LogP contribution in [0.5, 0.6) is 0 Å². The molecule has 3 aliphatic heterocycles. The summed E-state index contributed by atoms with van der Waals surface area (Å²) in [6, 6.07) is 0.870. The fourth-order valence-corrected chi connectivity index (χ4v) is 5.34. The molecule has 1 saturated carbocycles. The smallest absolute Gasteiger partial charge is 0.205 e. The highest BCUT2D eigenvalue weighted by Gasteiger charge is 2.47. The van der Waals surface area contributed by atoms with Crippen molar-refractivity contribution in [2.24, 2.45) is 11.8 Å². The second-order valence-corrected chi connectivity index (χ2v) is 7.83. The summed E-state index contributed by atoms with van der Waals surface area (Å²) in [5.74, 6) is 3.59. The summed E-state index contributed by atoms with van der Waals surface area (Å²) in [5, 5.41) is 1.20. The third-order valence-corrected chi connectivity index (χ3v) is 6.55. The lowest BCUT2D eigenvalue weighted by atomic mass is 9.90. The van der Waals surface area contributed by atoms with E-state index < -0.39 is 0 Å². The van der Waals surface area contributed by atoms with Gasteiger partial charge < -0.3 is 4.90 Å². The Kier molecular flexibility index (Phi) is 2.63. The van der Waals surface area contributed by atoms with E-state index in [0.29, 0.717) is 5.92 Å². The predicted molar refractivity (Wildman–Crippen MR) is 80.3 cm³/mol. The van der Waals surface area contributed by atoms with Gasteiger partial charge in [0.1, 0.15) is 5.82 Å². The van der Waals surface area contributed by atoms with Crippen molar-refractivity contribution >= 4 is 16.7 Å². The highest BCUT2D eigenvalue weighted by atomic mass is 32.1. The lowest BCUT2D eigenvalue weighted by Gasteiger charge is -2.33. The summed E-state index contributed by atoms with van der Waals surface area (Å²) in [4.78, 5) is 10.1. The van der Waals surface area contributed by atoms with Crippen LogP contribution in [0.2, 0.25) is 0 Å². The van der Waals surface area contributed by atoms with Crippen LogP contribution < -0.4 is 4.90 Å². The summed E-state index contributed by atoms with van der Waals surface area (Å²) in [6.45, 7) is 5.13. The Labute approximate surface area is 124 Å². The molecule has 4 aliphatic rings. The number of anilines is 1. The van der Waals surface area contributed by atoms with Crippen molar-refractivity contribution in [2.45, 2.75) is 44.1 Å². The SMILES string of the molecule is C1CCN2C[C@@H]3CN(c4nc(C5CC5)ns4)C[C@@H]3[C@H]2C1. The van der Waals surface area contributed by atoms with E-state index in [1.165, 1.54) is 63.4 Å². The zero-order valence-corrected chi connectivity index (χ0v) is 12.7. The van der Waals surface area contributed by atoms with Crippen LogP contribution in [0.4, 0.5) is 5.13 Å². The third-order valence-electron chi connectivity index (χ3n) is 5.76. The van der Waals surface area contributed by atoms with E-state index in [1.807, 2.05) is 0 Å². The van der Waals surface area contributed by atoms with Crippen molar-refractivity contribution in [3.63, 3.8) is 0 Å². The first-order valence-electron chi connectivity index (χ1n) is 8.21. The molecule has 20 heavy (non-hydrogen) atoms. The molecular weight excluding hydrogens is 268 g/mol. The molecule has 1 aromatic rings. The first-order valence-corrected chi connectivity index (χ1v) is 8.98. The normalized spacial score (nSPS) is 37.2. The van der Waals surface area contributed by atoms with Crippen LogP contribution in [-0.2, 0) is 0 Å². The molecule has 0 N–H and O–H groups in total. The van der Waals surface area contributed by atoms with Crippen LogP contribution in [0.1, 0.15) is 43.8 Å². The van der Waals surface area contributed by atoms with E-state index in [-0.39, 0.29) is 0 Å². The maximum absolute atomic E-state index is 4.81. The van der Waals surface area contributed by atoms with Crippen molar-refractivity contribution in [2.75, 3.05) is 31.1 Å². The lowest BCUT2D eigenvalue weighted by Crippen LogP contribution is -2.39. The maximum atomic E-state index is 4.81. The van der Waals surface area contributed by atoms with Crippen LogP contribution in [0.25, 0.3) is 0 Å². The Balaban J connectivity index is 1.33. The molecular formula is C15H22N4S. The molecule has 108 valence electrons. The Morgan fingerprint density at radius 2 is 2.00 bits per heavy atom. The minimum atomic E-state index is 0.691. The van der Waals surface area contributed by atoms with E-state index in [2.05, 4.69) is 14.2 Å². The minimum Gasteiger partial charge on any atom is -0.346 e. The zero-order chi connectivity index (χ0) is 13.1. The summed E-state index contributed by atoms with van der Waals surface area (Å²) in [6.07, 6.45) is 6.89. The van der Waals surface area contributed by atoms with Gasteiger partial charge in [0, 0.05) is 43.1 Å². The van der Waals surface area contributed by atoms with Gasteiger partial charge in [-0.2, -0.15) is 4.37 Å². The first-order chi connectivity index (χ1) is 9.88. The van der Waals surface area contributed by atoms with Crippen LogP contribution in [0.15, 0.2) is 0 Å². The van der Waals surface area contributed by atoms with Gasteiger partial charge in [-0.3, -0.25) is 4.90 Å². The van der Waals surface area contributed by atoms with Crippen LogP contribution >= 0.6 is 11.5 Å². The molecule has 5 rings (SSSR count). The molecule has 5 heteroatoms. The van der Waals surface area contributed by atoms with E-state index in [0.717, 1.165) is 23.7 Å². The molecule has 4 fully saturated rings. The number of hydrogen-bond donors (Lipinski definition) is 0. The number of piperidine rings is 1. The monoisotopic (exact) mass is 290 g/mol. The fourth-order valence-electron chi connectivity index (χ4n) is 4.57. The standard InChI is InChI=1S/C15H22N4S/c1-2-6-18-7-11-8-19(9-12(11)13(18)3-1)15-16-14(17-20-15)10-4-5-10/h10-13H,1-9H2/t11-,12+,13-/m1/s1. The molecule has 0 radical (unpaired) electrons. The van der Waals surface area contributed by atoms with Crippen LogP contribution in [-0.4, -0.2) is 46.5 Å². The predicted octanol–water partition coefficient (Wildman–Crippen LogP) is 2.34. The van der Waals surface area contributed by atoms with Gasteiger partial charge in [0.05, 0.1) is 0 Å². The molecule has 3 atom stereocenters. The van der Waals surface area contributed by atoms with Crippen molar-refractivity contribution in [1.29, 1.82) is 0 Å². The molecule has 0 bridgehead atoms. The van der Waals surface area contributed by atoms with Crippen molar-refractivity contribution < 1.29 is 0 Å². The van der Waals surface area contributed by atoms with Crippen LogP contribution in [0, 0.1) is 11.8 Å². The first kappa shape index (κ1) is 11.9. The van der Waals surface area contributed by atoms with Gasteiger partial charge in [-0.05, 0) is 44.1 Å². The number of rotatable bonds is 2. The second kappa shape index (κ2) is 4.41. The molecule has 3 saturated heterocycles. The fraction of sp³-hybridized carbons (Fsp3) is 0.867. The third kappa shape index (κ3) is 1.82. The summed E-state index contributed by atoms with van der Waals surface area (Å²) >= 11 is 1.63. The average molecular weight is 290 g/mol. The lowest BCUT2D eigenvalue weighted by molar-refractivity contribution is 0.173. The van der Waals surface area contributed by atoms with E-state index in [9.17, 15) is 0 Å². The van der Waals surface area contributed by atoms with Crippen molar-refractivity contribution in [1.82, 2.24) is 14.3 Å². The Hall–Kier alpha value is -0.680. The van der Waals surface area contributed by atoms with Gasteiger partial charge in [-0.15, -0.1) is 0 Å². The Morgan fingerprint density at radius 3 is 2.90 bits per heavy atom. The average Bonchev–Trinajstić information content (AvgIpc) is 2.93. The molecule has 0 aromatic carbocycles. The maximum Gasteiger partial charge on any atom is 0.205 e. The molecule has 4 nitrogen and oxygen atoms in total. The molecule has 0 spiro atoms. The molecule has 0 unspecified atom stereocenters. The van der Waals surface area contributed by atoms with Gasteiger partial charge in [0.25, 0.3) is 0 Å². The van der Waals surface area contributed by atoms with Gasteiger partial charge in [-0.1, -0.05) is 6.42 Å². The van der Waals surface area contributed by atoms with Gasteiger partial charge in [0.15, 0.2) is 0 Å². The highest BCUT2D eigenvalue weighted by molar-refractivity contribution is 7.09. The minimum absolute atomic E-state index is 0.691. The molecule has 1 aliphatic carbocycles. The summed E-state index contributed by atoms with van der Waals surface area (Å²) in [5.41, 5.74) is 0. The van der Waals surface area contributed by atoms with Gasteiger partial charge in [-0.25, -0.2) is 4.98 Å².